The number of amides is 1. The Morgan fingerprint density at radius 2 is 1.77 bits per heavy atom. The summed E-state index contributed by atoms with van der Waals surface area (Å²) in [6.45, 7) is 3.81. The van der Waals surface area contributed by atoms with Crippen LogP contribution in [0.5, 0.6) is 11.5 Å². The highest BCUT2D eigenvalue weighted by Crippen LogP contribution is 2.36. The van der Waals surface area contributed by atoms with Crippen LogP contribution in [0.1, 0.15) is 24.9 Å². The largest absolute Gasteiger partial charge is 0.495 e. The zero-order valence-corrected chi connectivity index (χ0v) is 18.6. The van der Waals surface area contributed by atoms with Gasteiger partial charge in [0.1, 0.15) is 17.5 Å². The molecule has 0 unspecified atom stereocenters. The van der Waals surface area contributed by atoms with Crippen molar-refractivity contribution in [3.05, 3.63) is 69.5 Å². The maximum absolute atomic E-state index is 13.1. The molecule has 8 heteroatoms. The number of carbonyl (C=O) groups excluding carboxylic acids is 1. The Labute approximate surface area is 185 Å². The summed E-state index contributed by atoms with van der Waals surface area (Å²) in [7, 11) is 2.97. The van der Waals surface area contributed by atoms with E-state index in [2.05, 4.69) is 10.4 Å². The number of hydrogen-bond donors (Lipinski definition) is 1. The lowest BCUT2D eigenvalue weighted by Gasteiger charge is -2.19. The van der Waals surface area contributed by atoms with Gasteiger partial charge in [0, 0.05) is 17.7 Å². The Morgan fingerprint density at radius 3 is 2.39 bits per heavy atom. The van der Waals surface area contributed by atoms with E-state index < -0.39 is 11.9 Å². The van der Waals surface area contributed by atoms with Crippen molar-refractivity contribution in [2.45, 2.75) is 26.3 Å². The maximum Gasteiger partial charge on any atom is 0.267 e. The lowest BCUT2D eigenvalue weighted by Crippen LogP contribution is -2.34. The second kappa shape index (κ2) is 9.66. The number of benzene rings is 2. The number of nitrogens with zero attached hydrogens (tertiary/aromatic N) is 2. The molecule has 162 valence electrons. The quantitative estimate of drug-likeness (QED) is 0.584. The van der Waals surface area contributed by atoms with E-state index in [0.717, 1.165) is 11.1 Å². The normalized spacial score (nSPS) is 11.6. The minimum Gasteiger partial charge on any atom is -0.495 e. The summed E-state index contributed by atoms with van der Waals surface area (Å²) in [6.07, 6.45) is 0.363. The first-order valence-corrected chi connectivity index (χ1v) is 10.1. The van der Waals surface area contributed by atoms with Gasteiger partial charge in [-0.3, -0.25) is 9.59 Å². The van der Waals surface area contributed by atoms with Crippen LogP contribution in [-0.4, -0.2) is 29.9 Å². The molecule has 2 aromatic carbocycles. The summed E-state index contributed by atoms with van der Waals surface area (Å²) in [6, 6.07) is 13.2. The van der Waals surface area contributed by atoms with Crippen LogP contribution in [0.25, 0.3) is 11.3 Å². The van der Waals surface area contributed by atoms with Crippen molar-refractivity contribution in [1.29, 1.82) is 0 Å². The van der Waals surface area contributed by atoms with Crippen LogP contribution in [0.3, 0.4) is 0 Å². The summed E-state index contributed by atoms with van der Waals surface area (Å²) < 4.78 is 11.7. The van der Waals surface area contributed by atoms with Crippen molar-refractivity contribution in [1.82, 2.24) is 9.78 Å². The van der Waals surface area contributed by atoms with Gasteiger partial charge < -0.3 is 14.8 Å². The predicted molar refractivity (Wildman–Crippen MR) is 121 cm³/mol. The number of hydrogen-bond acceptors (Lipinski definition) is 5. The van der Waals surface area contributed by atoms with Crippen LogP contribution in [0.2, 0.25) is 5.02 Å². The van der Waals surface area contributed by atoms with Crippen molar-refractivity contribution < 1.29 is 14.3 Å². The van der Waals surface area contributed by atoms with Crippen molar-refractivity contribution in [2.75, 3.05) is 19.5 Å². The molecular weight excluding hydrogens is 418 g/mol. The average Bonchev–Trinajstić information content (AvgIpc) is 2.76. The van der Waals surface area contributed by atoms with Crippen molar-refractivity contribution in [2.24, 2.45) is 0 Å². The maximum atomic E-state index is 13.1. The number of aryl methyl sites for hydroxylation is 1. The molecule has 1 aromatic heterocycles. The van der Waals surface area contributed by atoms with Gasteiger partial charge >= 0.3 is 0 Å². The van der Waals surface area contributed by atoms with Gasteiger partial charge in [-0.05, 0) is 25.5 Å². The van der Waals surface area contributed by atoms with E-state index in [-0.39, 0.29) is 5.56 Å². The van der Waals surface area contributed by atoms with Gasteiger partial charge in [0.2, 0.25) is 5.91 Å². The SMILES string of the molecule is CC[C@@H](C(=O)Nc1cc(Cl)c(OC)cc1OC)n1nc(-c2ccc(C)cc2)ccc1=O. The third kappa shape index (κ3) is 4.88. The third-order valence-corrected chi connectivity index (χ3v) is 5.18. The molecule has 1 amide bonds. The summed E-state index contributed by atoms with van der Waals surface area (Å²) in [5, 5.41) is 7.58. The van der Waals surface area contributed by atoms with Crippen LogP contribution in [0, 0.1) is 6.92 Å². The predicted octanol–water partition coefficient (Wildman–Crippen LogP) is 4.48. The van der Waals surface area contributed by atoms with Gasteiger partial charge in [-0.15, -0.1) is 0 Å². The molecule has 1 heterocycles. The van der Waals surface area contributed by atoms with Crippen molar-refractivity contribution >= 4 is 23.2 Å². The summed E-state index contributed by atoms with van der Waals surface area (Å²) >= 11 is 6.20. The number of halogens is 1. The van der Waals surface area contributed by atoms with Gasteiger partial charge in [-0.2, -0.15) is 5.10 Å². The number of aromatic nitrogens is 2. The molecule has 0 fully saturated rings. The number of carbonyl (C=O) groups is 1. The number of anilines is 1. The molecule has 0 bridgehead atoms. The number of rotatable bonds is 7. The van der Waals surface area contributed by atoms with E-state index in [1.165, 1.54) is 25.0 Å². The third-order valence-electron chi connectivity index (χ3n) is 4.89. The molecule has 0 aliphatic carbocycles. The van der Waals surface area contributed by atoms with E-state index in [0.29, 0.717) is 34.3 Å². The topological polar surface area (TPSA) is 82.4 Å². The van der Waals surface area contributed by atoms with E-state index in [9.17, 15) is 9.59 Å². The smallest absolute Gasteiger partial charge is 0.267 e. The van der Waals surface area contributed by atoms with E-state index in [4.69, 9.17) is 21.1 Å². The average molecular weight is 442 g/mol. The molecule has 0 aliphatic heterocycles. The Bertz CT molecular complexity index is 1140. The zero-order chi connectivity index (χ0) is 22.5. The molecule has 0 saturated heterocycles. The molecule has 3 rings (SSSR count). The standard InChI is InChI=1S/C23H24ClN3O4/c1-5-19(23(29)25-18-12-16(24)20(30-3)13-21(18)31-4)27-22(28)11-10-17(26-27)15-8-6-14(2)7-9-15/h6-13,19H,5H2,1-4H3,(H,25,29)/t19-/m0/s1. The highest BCUT2D eigenvalue weighted by molar-refractivity contribution is 6.32. The van der Waals surface area contributed by atoms with Gasteiger partial charge in [0.15, 0.2) is 0 Å². The van der Waals surface area contributed by atoms with E-state index in [1.807, 2.05) is 38.1 Å². The fourth-order valence-corrected chi connectivity index (χ4v) is 3.41. The molecule has 0 radical (unpaired) electrons. The molecule has 0 spiro atoms. The number of methoxy groups -OCH3 is 2. The first kappa shape index (κ1) is 22.4. The molecule has 0 saturated carbocycles. The molecule has 7 nitrogen and oxygen atoms in total. The van der Waals surface area contributed by atoms with Crippen molar-refractivity contribution in [3.8, 4) is 22.8 Å². The molecule has 1 atom stereocenters. The minimum atomic E-state index is -0.816. The summed E-state index contributed by atoms with van der Waals surface area (Å²) in [4.78, 5) is 25.6. The molecular formula is C23H24ClN3O4. The highest BCUT2D eigenvalue weighted by atomic mass is 35.5. The second-order valence-corrected chi connectivity index (χ2v) is 7.37. The molecule has 1 N–H and O–H groups in total. The zero-order valence-electron chi connectivity index (χ0n) is 17.8. The highest BCUT2D eigenvalue weighted by Gasteiger charge is 2.23. The molecule has 3 aromatic rings. The van der Waals surface area contributed by atoms with Crippen LogP contribution in [0.4, 0.5) is 5.69 Å². The van der Waals surface area contributed by atoms with Crippen LogP contribution >= 0.6 is 11.6 Å². The minimum absolute atomic E-state index is 0.323. The van der Waals surface area contributed by atoms with Gasteiger partial charge in [-0.1, -0.05) is 48.4 Å². The monoisotopic (exact) mass is 441 g/mol. The fraction of sp³-hybridized carbons (Fsp3) is 0.261. The fourth-order valence-electron chi connectivity index (χ4n) is 3.17. The van der Waals surface area contributed by atoms with Crippen molar-refractivity contribution in [3.63, 3.8) is 0 Å². The van der Waals surface area contributed by atoms with Crippen LogP contribution < -0.4 is 20.3 Å². The van der Waals surface area contributed by atoms with Gasteiger partial charge in [-0.25, -0.2) is 4.68 Å². The summed E-state index contributed by atoms with van der Waals surface area (Å²) in [5.74, 6) is 0.406. The first-order valence-electron chi connectivity index (χ1n) is 9.77. The number of nitrogens with one attached hydrogen (secondary N) is 1. The van der Waals surface area contributed by atoms with Gasteiger partial charge in [0.05, 0.1) is 30.6 Å². The lowest BCUT2D eigenvalue weighted by molar-refractivity contribution is -0.119. The Kier molecular flexibility index (Phi) is 6.97. The first-order chi connectivity index (χ1) is 14.9. The van der Waals surface area contributed by atoms with Crippen LogP contribution in [0.15, 0.2) is 53.3 Å². The second-order valence-electron chi connectivity index (χ2n) is 6.97. The Balaban J connectivity index is 1.94. The lowest BCUT2D eigenvalue weighted by atomic mass is 10.1. The Hall–Kier alpha value is -3.32. The van der Waals surface area contributed by atoms with E-state index in [1.54, 1.807) is 18.2 Å². The molecule has 31 heavy (non-hydrogen) atoms. The van der Waals surface area contributed by atoms with E-state index >= 15 is 0 Å². The number of ether oxygens (including phenoxy) is 2. The molecule has 0 aliphatic rings. The van der Waals surface area contributed by atoms with Crippen LogP contribution in [-0.2, 0) is 4.79 Å². The Morgan fingerprint density at radius 1 is 1.10 bits per heavy atom. The van der Waals surface area contributed by atoms with Gasteiger partial charge in [0.25, 0.3) is 5.56 Å². The summed E-state index contributed by atoms with van der Waals surface area (Å²) in [5.41, 5.74) is 2.60.